The summed E-state index contributed by atoms with van der Waals surface area (Å²) in [4.78, 5) is 6.37. The predicted octanol–water partition coefficient (Wildman–Crippen LogP) is 3.00. The molecular weight excluding hydrogens is 292 g/mol. The van der Waals surface area contributed by atoms with Gasteiger partial charge in [-0.2, -0.15) is 0 Å². The van der Waals surface area contributed by atoms with Gasteiger partial charge in [-0.3, -0.25) is 0 Å². The molecule has 3 N–H and O–H groups in total. The molecule has 0 aliphatic carbocycles. The predicted molar refractivity (Wildman–Crippen MR) is 93.9 cm³/mol. The molecule has 1 aromatic rings. The summed E-state index contributed by atoms with van der Waals surface area (Å²) in [6, 6.07) is 1.73. The summed E-state index contributed by atoms with van der Waals surface area (Å²) < 4.78 is 0. The van der Waals surface area contributed by atoms with Gasteiger partial charge in [-0.15, -0.1) is 0 Å². The maximum Gasteiger partial charge on any atom is 0.142 e. The van der Waals surface area contributed by atoms with Crippen molar-refractivity contribution in [1.29, 1.82) is 0 Å². The fourth-order valence-corrected chi connectivity index (χ4v) is 2.62. The van der Waals surface area contributed by atoms with E-state index < -0.39 is 0 Å². The zero-order chi connectivity index (χ0) is 17.1. The van der Waals surface area contributed by atoms with Crippen molar-refractivity contribution in [2.75, 3.05) is 25.6 Å². The van der Waals surface area contributed by atoms with Crippen LogP contribution >= 0.6 is 0 Å². The van der Waals surface area contributed by atoms with Crippen molar-refractivity contribution in [2.24, 2.45) is 0 Å². The van der Waals surface area contributed by atoms with Crippen molar-refractivity contribution >= 4 is 5.82 Å². The third-order valence-corrected chi connectivity index (χ3v) is 4.08. The average Bonchev–Trinajstić information content (AvgIpc) is 2.54. The van der Waals surface area contributed by atoms with E-state index in [1.807, 2.05) is 19.0 Å². The summed E-state index contributed by atoms with van der Waals surface area (Å²) in [7, 11) is 3.81. The topological polar surface area (TPSA) is 76.8 Å². The van der Waals surface area contributed by atoms with Gasteiger partial charge in [-0.05, 0) is 25.3 Å². The van der Waals surface area contributed by atoms with Gasteiger partial charge < -0.3 is 20.2 Å². The number of aromatic nitrogens is 1. The zero-order valence-corrected chi connectivity index (χ0v) is 14.6. The van der Waals surface area contributed by atoms with Gasteiger partial charge in [0.05, 0.1) is 12.3 Å². The molecule has 0 atom stereocenters. The Bertz CT molecular complexity index is 450. The Labute approximate surface area is 140 Å². The van der Waals surface area contributed by atoms with E-state index in [1.165, 1.54) is 25.7 Å². The lowest BCUT2D eigenvalue weighted by Gasteiger charge is -2.16. The van der Waals surface area contributed by atoms with Crippen LogP contribution in [-0.2, 0) is 13.0 Å². The van der Waals surface area contributed by atoms with Crippen LogP contribution in [0.4, 0.5) is 5.82 Å². The lowest BCUT2D eigenvalue weighted by molar-refractivity contribution is 0.274. The van der Waals surface area contributed by atoms with E-state index in [1.54, 1.807) is 6.07 Å². The summed E-state index contributed by atoms with van der Waals surface area (Å²) in [6.45, 7) is 0.133. The Hall–Kier alpha value is -1.33. The maximum atomic E-state index is 10.2. The summed E-state index contributed by atoms with van der Waals surface area (Å²) in [6.07, 6.45) is 9.76. The van der Waals surface area contributed by atoms with Gasteiger partial charge in [0.15, 0.2) is 0 Å². The van der Waals surface area contributed by atoms with Crippen LogP contribution in [0, 0.1) is 0 Å². The van der Waals surface area contributed by atoms with Crippen molar-refractivity contribution < 1.29 is 15.3 Å². The molecule has 5 heteroatoms. The molecule has 1 rings (SSSR count). The molecule has 23 heavy (non-hydrogen) atoms. The number of pyridine rings is 1. The third kappa shape index (κ3) is 7.18. The number of rotatable bonds is 12. The second kappa shape index (κ2) is 11.2. The zero-order valence-electron chi connectivity index (χ0n) is 14.6. The Morgan fingerprint density at radius 2 is 1.48 bits per heavy atom. The first-order chi connectivity index (χ1) is 11.1. The van der Waals surface area contributed by atoms with Crippen LogP contribution in [0.3, 0.4) is 0 Å². The first-order valence-corrected chi connectivity index (χ1v) is 8.71. The maximum absolute atomic E-state index is 10.2. The molecule has 0 radical (unpaired) electrons. The van der Waals surface area contributed by atoms with Gasteiger partial charge in [0.1, 0.15) is 11.6 Å². The number of unbranched alkanes of at least 4 members (excludes halogenated alkanes) is 7. The van der Waals surface area contributed by atoms with E-state index in [4.69, 9.17) is 5.11 Å². The fraction of sp³-hybridized carbons (Fsp3) is 0.722. The van der Waals surface area contributed by atoms with Crippen LogP contribution in [-0.4, -0.2) is 41.0 Å². The van der Waals surface area contributed by atoms with E-state index in [0.717, 1.165) is 37.9 Å². The van der Waals surface area contributed by atoms with E-state index in [2.05, 4.69) is 4.98 Å². The molecule has 0 fully saturated rings. The second-order valence-electron chi connectivity index (χ2n) is 6.29. The van der Waals surface area contributed by atoms with Gasteiger partial charge in [0.25, 0.3) is 0 Å². The molecule has 0 unspecified atom stereocenters. The molecule has 5 nitrogen and oxygen atoms in total. The lowest BCUT2D eigenvalue weighted by Crippen LogP contribution is -2.12. The summed E-state index contributed by atoms with van der Waals surface area (Å²) in [5, 5.41) is 28.2. The van der Waals surface area contributed by atoms with E-state index in [0.29, 0.717) is 17.9 Å². The van der Waals surface area contributed by atoms with Gasteiger partial charge in [-0.25, -0.2) is 4.98 Å². The van der Waals surface area contributed by atoms with Crippen LogP contribution in [0.2, 0.25) is 0 Å². The Morgan fingerprint density at radius 3 is 2.00 bits per heavy atom. The van der Waals surface area contributed by atoms with Gasteiger partial charge in [0.2, 0.25) is 0 Å². The monoisotopic (exact) mass is 324 g/mol. The largest absolute Gasteiger partial charge is 0.506 e. The van der Waals surface area contributed by atoms with E-state index in [9.17, 15) is 10.2 Å². The van der Waals surface area contributed by atoms with Crippen LogP contribution in [0.5, 0.6) is 5.75 Å². The van der Waals surface area contributed by atoms with Gasteiger partial charge in [0, 0.05) is 26.3 Å². The summed E-state index contributed by atoms with van der Waals surface area (Å²) in [5.41, 5.74) is 1.23. The van der Waals surface area contributed by atoms with Crippen LogP contribution in [0.25, 0.3) is 0 Å². The average molecular weight is 324 g/mol. The fourth-order valence-electron chi connectivity index (χ4n) is 2.62. The molecule has 1 heterocycles. The number of nitrogens with zero attached hydrogens (tertiary/aromatic N) is 2. The Kier molecular flexibility index (Phi) is 9.64. The molecular formula is C18H32N2O3. The van der Waals surface area contributed by atoms with Crippen LogP contribution < -0.4 is 4.90 Å². The van der Waals surface area contributed by atoms with E-state index >= 15 is 0 Å². The molecule has 0 aliphatic heterocycles. The third-order valence-electron chi connectivity index (χ3n) is 4.08. The molecule has 0 saturated heterocycles. The highest BCUT2D eigenvalue weighted by atomic mass is 16.3. The van der Waals surface area contributed by atoms with E-state index in [-0.39, 0.29) is 12.4 Å². The number of anilines is 1. The molecule has 132 valence electrons. The molecule has 0 amide bonds. The minimum Gasteiger partial charge on any atom is -0.506 e. The number of aromatic hydroxyl groups is 1. The molecule has 0 aromatic carbocycles. The number of hydrogen-bond donors (Lipinski definition) is 3. The number of aryl methyl sites for hydroxylation is 1. The highest BCUT2D eigenvalue weighted by molar-refractivity contribution is 5.48. The van der Waals surface area contributed by atoms with Crippen molar-refractivity contribution in [2.45, 2.75) is 64.4 Å². The number of hydrogen-bond acceptors (Lipinski definition) is 5. The van der Waals surface area contributed by atoms with Crippen molar-refractivity contribution in [1.82, 2.24) is 4.98 Å². The first kappa shape index (κ1) is 19.7. The normalized spacial score (nSPS) is 11.0. The second-order valence-corrected chi connectivity index (χ2v) is 6.29. The molecule has 0 bridgehead atoms. The summed E-state index contributed by atoms with van der Waals surface area (Å²) in [5.74, 6) is 0.910. The Morgan fingerprint density at radius 1 is 0.913 bits per heavy atom. The van der Waals surface area contributed by atoms with Crippen molar-refractivity contribution in [3.05, 3.63) is 17.3 Å². The number of aliphatic hydroxyl groups excluding tert-OH is 2. The molecule has 0 saturated carbocycles. The van der Waals surface area contributed by atoms with Gasteiger partial charge in [-0.1, -0.05) is 38.5 Å². The van der Waals surface area contributed by atoms with Crippen molar-refractivity contribution in [3.63, 3.8) is 0 Å². The smallest absolute Gasteiger partial charge is 0.142 e. The number of aliphatic hydroxyl groups is 2. The minimum atomic E-state index is -0.171. The quantitative estimate of drug-likeness (QED) is 0.515. The van der Waals surface area contributed by atoms with Crippen molar-refractivity contribution in [3.8, 4) is 5.75 Å². The lowest BCUT2D eigenvalue weighted by atomic mass is 10.0. The highest BCUT2D eigenvalue weighted by Gasteiger charge is 2.12. The molecule has 1 aromatic heterocycles. The highest BCUT2D eigenvalue weighted by Crippen LogP contribution is 2.27. The molecule has 0 aliphatic rings. The van der Waals surface area contributed by atoms with Crippen LogP contribution in [0.15, 0.2) is 6.07 Å². The molecule has 0 spiro atoms. The van der Waals surface area contributed by atoms with Gasteiger partial charge >= 0.3 is 0 Å². The SMILES string of the molecule is CN(C)c1cc(CO)c(O)c(CCCCCCCCCCO)n1. The minimum absolute atomic E-state index is 0.141. The standard InChI is InChI=1S/C18H32N2O3/c1-20(2)17-13-15(14-22)18(23)16(19-17)11-9-7-5-3-4-6-8-10-12-21/h13,21-23H,3-12,14H2,1-2H3. The first-order valence-electron chi connectivity index (χ1n) is 8.71. The summed E-state index contributed by atoms with van der Waals surface area (Å²) >= 11 is 0. The Balaban J connectivity index is 2.35. The van der Waals surface area contributed by atoms with Crippen LogP contribution in [0.1, 0.15) is 62.6 Å².